The Morgan fingerprint density at radius 2 is 2.29 bits per heavy atom. The number of carbonyl (C=O) groups is 1. The van der Waals surface area contributed by atoms with Crippen molar-refractivity contribution in [1.82, 2.24) is 10.6 Å². The summed E-state index contributed by atoms with van der Waals surface area (Å²) in [5.41, 5.74) is 0. The lowest BCUT2D eigenvalue weighted by atomic mass is 10.2. The van der Waals surface area contributed by atoms with Gasteiger partial charge in [-0.25, -0.2) is 8.42 Å². The zero-order chi connectivity index (χ0) is 12.9. The van der Waals surface area contributed by atoms with Crippen LogP contribution in [0.25, 0.3) is 0 Å². The minimum atomic E-state index is -3.00. The Labute approximate surface area is 102 Å². The zero-order valence-corrected chi connectivity index (χ0v) is 10.8. The number of hydrogen-bond acceptors (Lipinski definition) is 5. The molecule has 0 aromatic heterocycles. The van der Waals surface area contributed by atoms with Gasteiger partial charge in [-0.2, -0.15) is 0 Å². The van der Waals surface area contributed by atoms with Gasteiger partial charge in [0.1, 0.15) is 0 Å². The molecule has 100 valence electrons. The Bertz CT molecular complexity index is 355. The topological polar surface area (TPSA) is 95.5 Å². The third kappa shape index (κ3) is 5.47. The zero-order valence-electron chi connectivity index (χ0n) is 9.98. The maximum atomic E-state index is 11.6. The Balaban J connectivity index is 2.36. The van der Waals surface area contributed by atoms with Gasteiger partial charge in [0.15, 0.2) is 9.84 Å². The van der Waals surface area contributed by atoms with E-state index in [1.165, 1.54) is 0 Å². The van der Waals surface area contributed by atoms with E-state index in [-0.39, 0.29) is 42.5 Å². The van der Waals surface area contributed by atoms with Crippen LogP contribution in [0, 0.1) is 0 Å². The van der Waals surface area contributed by atoms with Gasteiger partial charge in [-0.1, -0.05) is 0 Å². The largest absolute Gasteiger partial charge is 0.396 e. The molecule has 0 aliphatic carbocycles. The van der Waals surface area contributed by atoms with Gasteiger partial charge in [0, 0.05) is 31.7 Å². The highest BCUT2D eigenvalue weighted by molar-refractivity contribution is 7.91. The maximum absolute atomic E-state index is 11.6. The van der Waals surface area contributed by atoms with E-state index in [1.807, 2.05) is 0 Å². The molecule has 2 atom stereocenters. The summed E-state index contributed by atoms with van der Waals surface area (Å²) in [5.74, 6) is -0.0126. The van der Waals surface area contributed by atoms with Gasteiger partial charge in [-0.15, -0.1) is 0 Å². The second-order valence-electron chi connectivity index (χ2n) is 4.45. The second kappa shape index (κ2) is 6.32. The Kier molecular flexibility index (Phi) is 5.35. The van der Waals surface area contributed by atoms with Crippen LogP contribution in [-0.2, 0) is 14.6 Å². The molecular weight excluding hydrogens is 244 g/mol. The van der Waals surface area contributed by atoms with Crippen LogP contribution >= 0.6 is 0 Å². The van der Waals surface area contributed by atoms with Gasteiger partial charge < -0.3 is 15.7 Å². The van der Waals surface area contributed by atoms with E-state index < -0.39 is 9.84 Å². The SMILES string of the molecule is CC(CCO)NC(=O)CC1CS(=O)(=O)CCN1. The van der Waals surface area contributed by atoms with E-state index in [2.05, 4.69) is 10.6 Å². The van der Waals surface area contributed by atoms with Crippen molar-refractivity contribution in [2.75, 3.05) is 24.7 Å². The van der Waals surface area contributed by atoms with Crippen LogP contribution in [0.2, 0.25) is 0 Å². The van der Waals surface area contributed by atoms with Crippen LogP contribution in [-0.4, -0.2) is 56.2 Å². The first-order valence-corrected chi connectivity index (χ1v) is 7.59. The van der Waals surface area contributed by atoms with Gasteiger partial charge in [0.2, 0.25) is 5.91 Å². The number of carbonyl (C=O) groups excluding carboxylic acids is 1. The van der Waals surface area contributed by atoms with Crippen molar-refractivity contribution in [3.63, 3.8) is 0 Å². The summed E-state index contributed by atoms with van der Waals surface area (Å²) in [5, 5.41) is 14.4. The van der Waals surface area contributed by atoms with Crippen molar-refractivity contribution in [1.29, 1.82) is 0 Å². The molecule has 1 amide bonds. The molecule has 1 aliphatic rings. The molecule has 0 radical (unpaired) electrons. The number of aliphatic hydroxyl groups is 1. The highest BCUT2D eigenvalue weighted by atomic mass is 32.2. The summed E-state index contributed by atoms with van der Waals surface area (Å²) in [6.45, 7) is 2.24. The van der Waals surface area contributed by atoms with E-state index >= 15 is 0 Å². The normalized spacial score (nSPS) is 25.2. The van der Waals surface area contributed by atoms with Crippen molar-refractivity contribution in [2.45, 2.75) is 31.8 Å². The molecule has 1 rings (SSSR count). The smallest absolute Gasteiger partial charge is 0.221 e. The molecule has 7 heteroatoms. The molecule has 1 fully saturated rings. The monoisotopic (exact) mass is 264 g/mol. The fraction of sp³-hybridized carbons (Fsp3) is 0.900. The van der Waals surface area contributed by atoms with E-state index in [0.717, 1.165) is 0 Å². The van der Waals surface area contributed by atoms with E-state index in [4.69, 9.17) is 5.11 Å². The van der Waals surface area contributed by atoms with Crippen molar-refractivity contribution in [3.05, 3.63) is 0 Å². The summed E-state index contributed by atoms with van der Waals surface area (Å²) in [4.78, 5) is 11.6. The fourth-order valence-corrected chi connectivity index (χ4v) is 3.27. The van der Waals surface area contributed by atoms with Gasteiger partial charge in [-0.05, 0) is 13.3 Å². The molecular formula is C10H20N2O4S. The second-order valence-corrected chi connectivity index (χ2v) is 6.68. The molecule has 0 aromatic rings. The minimum Gasteiger partial charge on any atom is -0.396 e. The summed E-state index contributed by atoms with van der Waals surface area (Å²) in [6, 6.07) is -0.386. The third-order valence-corrected chi connectivity index (χ3v) is 4.44. The number of amides is 1. The summed E-state index contributed by atoms with van der Waals surface area (Å²) in [7, 11) is -3.00. The molecule has 2 unspecified atom stereocenters. The number of hydrogen-bond donors (Lipinski definition) is 3. The molecule has 17 heavy (non-hydrogen) atoms. The van der Waals surface area contributed by atoms with Crippen LogP contribution in [0.15, 0.2) is 0 Å². The molecule has 1 saturated heterocycles. The van der Waals surface area contributed by atoms with Gasteiger partial charge >= 0.3 is 0 Å². The molecule has 0 bridgehead atoms. The molecule has 1 heterocycles. The first-order chi connectivity index (χ1) is 7.93. The van der Waals surface area contributed by atoms with Crippen LogP contribution in [0.4, 0.5) is 0 Å². The molecule has 6 nitrogen and oxygen atoms in total. The lowest BCUT2D eigenvalue weighted by Gasteiger charge is -2.23. The molecule has 0 aromatic carbocycles. The quantitative estimate of drug-likeness (QED) is 0.570. The van der Waals surface area contributed by atoms with E-state index in [1.54, 1.807) is 6.92 Å². The summed E-state index contributed by atoms with van der Waals surface area (Å²) >= 11 is 0. The van der Waals surface area contributed by atoms with Gasteiger partial charge in [-0.3, -0.25) is 4.79 Å². The van der Waals surface area contributed by atoms with Crippen molar-refractivity contribution in [2.24, 2.45) is 0 Å². The van der Waals surface area contributed by atoms with Crippen LogP contribution in [0.5, 0.6) is 0 Å². The predicted octanol–water partition coefficient (Wildman–Crippen LogP) is -1.35. The van der Waals surface area contributed by atoms with Crippen LogP contribution < -0.4 is 10.6 Å². The van der Waals surface area contributed by atoms with Crippen molar-refractivity contribution >= 4 is 15.7 Å². The third-order valence-electron chi connectivity index (χ3n) is 2.70. The Hall–Kier alpha value is -0.660. The van der Waals surface area contributed by atoms with Crippen molar-refractivity contribution in [3.8, 4) is 0 Å². The number of nitrogens with one attached hydrogen (secondary N) is 2. The summed E-state index contributed by atoms with van der Waals surface area (Å²) < 4.78 is 22.7. The fourth-order valence-electron chi connectivity index (χ4n) is 1.82. The Morgan fingerprint density at radius 1 is 1.59 bits per heavy atom. The lowest BCUT2D eigenvalue weighted by molar-refractivity contribution is -0.122. The van der Waals surface area contributed by atoms with Crippen LogP contribution in [0.1, 0.15) is 19.8 Å². The first kappa shape index (κ1) is 14.4. The molecule has 0 spiro atoms. The standard InChI is InChI=1S/C10H20N2O4S/c1-8(2-4-13)12-10(14)6-9-7-17(15,16)5-3-11-9/h8-9,11,13H,2-7H2,1H3,(H,12,14). The molecule has 1 aliphatic heterocycles. The molecule has 3 N–H and O–H groups in total. The average molecular weight is 264 g/mol. The predicted molar refractivity (Wildman–Crippen MR) is 64.4 cm³/mol. The number of aliphatic hydroxyl groups excluding tert-OH is 1. The van der Waals surface area contributed by atoms with Crippen LogP contribution in [0.3, 0.4) is 0 Å². The maximum Gasteiger partial charge on any atom is 0.221 e. The lowest BCUT2D eigenvalue weighted by Crippen LogP contribution is -2.48. The highest BCUT2D eigenvalue weighted by Crippen LogP contribution is 2.05. The average Bonchev–Trinajstić information content (AvgIpc) is 2.15. The van der Waals surface area contributed by atoms with E-state index in [9.17, 15) is 13.2 Å². The van der Waals surface area contributed by atoms with Crippen molar-refractivity contribution < 1.29 is 18.3 Å². The number of rotatable bonds is 5. The minimum absolute atomic E-state index is 0.0226. The Morgan fingerprint density at radius 3 is 2.88 bits per heavy atom. The summed E-state index contributed by atoms with van der Waals surface area (Å²) in [6.07, 6.45) is 0.664. The number of sulfone groups is 1. The van der Waals surface area contributed by atoms with Gasteiger partial charge in [0.05, 0.1) is 11.5 Å². The van der Waals surface area contributed by atoms with Gasteiger partial charge in [0.25, 0.3) is 0 Å². The highest BCUT2D eigenvalue weighted by Gasteiger charge is 2.26. The van der Waals surface area contributed by atoms with E-state index in [0.29, 0.717) is 13.0 Å². The first-order valence-electron chi connectivity index (χ1n) is 5.77. The molecule has 0 saturated carbocycles.